The number of hydrogen-bond acceptors (Lipinski definition) is 2. The van der Waals surface area contributed by atoms with E-state index in [1.165, 1.54) is 12.8 Å². The lowest BCUT2D eigenvalue weighted by atomic mass is 10.2. The third kappa shape index (κ3) is 3.33. The van der Waals surface area contributed by atoms with Crippen LogP contribution in [-0.4, -0.2) is 17.1 Å². The zero-order valence-electron chi connectivity index (χ0n) is 8.87. The fraction of sp³-hybridized carbons (Fsp3) is 0.455. The molecule has 1 aliphatic rings. The lowest BCUT2D eigenvalue weighted by Crippen LogP contribution is -2.36. The van der Waals surface area contributed by atoms with Crippen molar-refractivity contribution in [3.8, 4) is 0 Å². The highest BCUT2D eigenvalue weighted by Gasteiger charge is 2.16. The topological polar surface area (TPSA) is 54.0 Å². The maximum Gasteiger partial charge on any atom is 0.320 e. The molecule has 0 spiro atoms. The van der Waals surface area contributed by atoms with E-state index in [4.69, 9.17) is 0 Å². The summed E-state index contributed by atoms with van der Waals surface area (Å²) in [5, 5.41) is 5.68. The number of nitrogens with one attached hydrogen (secondary N) is 2. The summed E-state index contributed by atoms with van der Waals surface area (Å²) in [6.07, 6.45) is 6.34. The van der Waals surface area contributed by atoms with Gasteiger partial charge in [-0.25, -0.2) is 9.78 Å². The number of nitrogens with zero attached hydrogens (tertiary/aromatic N) is 1. The van der Waals surface area contributed by atoms with Crippen LogP contribution in [0.3, 0.4) is 0 Å². The van der Waals surface area contributed by atoms with Gasteiger partial charge in [-0.1, -0.05) is 12.8 Å². The standard InChI is InChI=1S/C11H14IN3O/c12-8-5-6-10(13-7-8)15-11(16)14-9-3-1-2-4-9/h5-7,9H,1-4H2,(H2,13,14,15,16). The quantitative estimate of drug-likeness (QED) is 0.819. The van der Waals surface area contributed by atoms with E-state index in [1.54, 1.807) is 12.3 Å². The van der Waals surface area contributed by atoms with E-state index in [1.807, 2.05) is 6.07 Å². The molecule has 5 heteroatoms. The lowest BCUT2D eigenvalue weighted by molar-refractivity contribution is 0.248. The molecule has 0 bridgehead atoms. The second-order valence-electron chi connectivity index (χ2n) is 3.94. The third-order valence-corrected chi connectivity index (χ3v) is 3.30. The molecule has 1 aromatic heterocycles. The molecule has 0 saturated heterocycles. The SMILES string of the molecule is O=C(Nc1ccc(I)cn1)NC1CCCC1. The molecule has 2 rings (SSSR count). The Morgan fingerprint density at radius 1 is 1.38 bits per heavy atom. The van der Waals surface area contributed by atoms with Gasteiger partial charge in [0, 0.05) is 15.8 Å². The van der Waals surface area contributed by atoms with E-state index in [0.717, 1.165) is 16.4 Å². The fourth-order valence-electron chi connectivity index (χ4n) is 1.86. The highest BCUT2D eigenvalue weighted by atomic mass is 127. The molecule has 2 N–H and O–H groups in total. The smallest absolute Gasteiger partial charge is 0.320 e. The van der Waals surface area contributed by atoms with Gasteiger partial charge < -0.3 is 5.32 Å². The number of carbonyl (C=O) groups is 1. The zero-order valence-corrected chi connectivity index (χ0v) is 11.0. The summed E-state index contributed by atoms with van der Waals surface area (Å²) in [7, 11) is 0. The summed E-state index contributed by atoms with van der Waals surface area (Å²) >= 11 is 2.18. The molecular weight excluding hydrogens is 317 g/mol. The van der Waals surface area contributed by atoms with Crippen molar-refractivity contribution in [1.82, 2.24) is 10.3 Å². The number of rotatable bonds is 2. The Bertz CT molecular complexity index is 360. The van der Waals surface area contributed by atoms with Gasteiger partial charge in [0.2, 0.25) is 0 Å². The van der Waals surface area contributed by atoms with E-state index in [2.05, 4.69) is 38.2 Å². The van der Waals surface area contributed by atoms with Crippen molar-refractivity contribution >= 4 is 34.4 Å². The number of pyridine rings is 1. The highest BCUT2D eigenvalue weighted by molar-refractivity contribution is 14.1. The first-order valence-electron chi connectivity index (χ1n) is 5.43. The lowest BCUT2D eigenvalue weighted by Gasteiger charge is -2.12. The molecule has 1 aromatic rings. The molecule has 0 aliphatic heterocycles. The van der Waals surface area contributed by atoms with Crippen LogP contribution in [-0.2, 0) is 0 Å². The van der Waals surface area contributed by atoms with Crippen molar-refractivity contribution in [3.05, 3.63) is 21.9 Å². The van der Waals surface area contributed by atoms with E-state index in [-0.39, 0.29) is 6.03 Å². The Hall–Kier alpha value is -0.850. The van der Waals surface area contributed by atoms with Crippen molar-refractivity contribution in [2.24, 2.45) is 0 Å². The van der Waals surface area contributed by atoms with Crippen molar-refractivity contribution < 1.29 is 4.79 Å². The van der Waals surface area contributed by atoms with Crippen molar-refractivity contribution in [1.29, 1.82) is 0 Å². The molecular formula is C11H14IN3O. The Kier molecular flexibility index (Phi) is 3.98. The van der Waals surface area contributed by atoms with Crippen LogP contribution >= 0.6 is 22.6 Å². The molecule has 0 aromatic carbocycles. The maximum absolute atomic E-state index is 11.6. The molecule has 86 valence electrons. The zero-order chi connectivity index (χ0) is 11.4. The summed E-state index contributed by atoms with van der Waals surface area (Å²) < 4.78 is 1.05. The number of amides is 2. The second kappa shape index (κ2) is 5.47. The predicted molar refractivity (Wildman–Crippen MR) is 71.4 cm³/mol. The number of carbonyl (C=O) groups excluding carboxylic acids is 1. The third-order valence-electron chi connectivity index (χ3n) is 2.66. The normalized spacial score (nSPS) is 16.1. The van der Waals surface area contributed by atoms with Gasteiger partial charge in [0.05, 0.1) is 0 Å². The fourth-order valence-corrected chi connectivity index (χ4v) is 2.18. The average molecular weight is 331 g/mol. The molecule has 1 fully saturated rings. The number of halogens is 1. The van der Waals surface area contributed by atoms with Crippen molar-refractivity contribution in [3.63, 3.8) is 0 Å². The molecule has 0 unspecified atom stereocenters. The molecule has 1 saturated carbocycles. The van der Waals surface area contributed by atoms with Crippen LogP contribution in [0.2, 0.25) is 0 Å². The van der Waals surface area contributed by atoms with E-state index in [0.29, 0.717) is 11.9 Å². The Balaban J connectivity index is 1.84. The van der Waals surface area contributed by atoms with Crippen molar-refractivity contribution in [2.45, 2.75) is 31.7 Å². The van der Waals surface area contributed by atoms with Crippen molar-refractivity contribution in [2.75, 3.05) is 5.32 Å². The van der Waals surface area contributed by atoms with Gasteiger partial charge in [0.25, 0.3) is 0 Å². The van der Waals surface area contributed by atoms with Crippen LogP contribution in [0.15, 0.2) is 18.3 Å². The monoisotopic (exact) mass is 331 g/mol. The average Bonchev–Trinajstić information content (AvgIpc) is 2.74. The maximum atomic E-state index is 11.6. The first kappa shape index (κ1) is 11.6. The molecule has 0 atom stereocenters. The number of anilines is 1. The summed E-state index contributed by atoms with van der Waals surface area (Å²) in [5.74, 6) is 0.593. The first-order valence-corrected chi connectivity index (χ1v) is 6.51. The van der Waals surface area contributed by atoms with Gasteiger partial charge in [-0.3, -0.25) is 5.32 Å². The molecule has 16 heavy (non-hydrogen) atoms. The highest BCUT2D eigenvalue weighted by Crippen LogP contribution is 2.17. The molecule has 1 aliphatic carbocycles. The van der Waals surface area contributed by atoms with Crippen LogP contribution in [0, 0.1) is 3.57 Å². The second-order valence-corrected chi connectivity index (χ2v) is 5.19. The van der Waals surface area contributed by atoms with E-state index < -0.39 is 0 Å². The summed E-state index contributed by atoms with van der Waals surface area (Å²) in [6, 6.07) is 3.90. The number of urea groups is 1. The Morgan fingerprint density at radius 3 is 2.75 bits per heavy atom. The largest absolute Gasteiger partial charge is 0.335 e. The minimum absolute atomic E-state index is 0.152. The van der Waals surface area contributed by atoms with Gasteiger partial charge in [-0.15, -0.1) is 0 Å². The van der Waals surface area contributed by atoms with Crippen LogP contribution in [0.25, 0.3) is 0 Å². The van der Waals surface area contributed by atoms with Crippen LogP contribution in [0.5, 0.6) is 0 Å². The van der Waals surface area contributed by atoms with Crippen LogP contribution < -0.4 is 10.6 Å². The van der Waals surface area contributed by atoms with Crippen LogP contribution in [0.1, 0.15) is 25.7 Å². The van der Waals surface area contributed by atoms with Gasteiger partial charge >= 0.3 is 6.03 Å². The van der Waals surface area contributed by atoms with Gasteiger partial charge in [0.1, 0.15) is 5.82 Å². The summed E-state index contributed by atoms with van der Waals surface area (Å²) in [4.78, 5) is 15.7. The minimum atomic E-state index is -0.152. The minimum Gasteiger partial charge on any atom is -0.335 e. The number of hydrogen-bond donors (Lipinski definition) is 2. The van der Waals surface area contributed by atoms with Gasteiger partial charge in [0.15, 0.2) is 0 Å². The Labute approximate surface area is 108 Å². The molecule has 2 amide bonds. The van der Waals surface area contributed by atoms with E-state index in [9.17, 15) is 4.79 Å². The Morgan fingerprint density at radius 2 is 2.12 bits per heavy atom. The van der Waals surface area contributed by atoms with E-state index >= 15 is 0 Å². The number of aromatic nitrogens is 1. The van der Waals surface area contributed by atoms with Crippen LogP contribution in [0.4, 0.5) is 10.6 Å². The van der Waals surface area contributed by atoms with Gasteiger partial charge in [-0.2, -0.15) is 0 Å². The molecule has 0 radical (unpaired) electrons. The summed E-state index contributed by atoms with van der Waals surface area (Å²) in [6.45, 7) is 0. The first-order chi connectivity index (χ1) is 7.74. The predicted octanol–water partition coefficient (Wildman–Crippen LogP) is 2.75. The molecule has 1 heterocycles. The van der Waals surface area contributed by atoms with Gasteiger partial charge in [-0.05, 0) is 47.6 Å². The molecule has 4 nitrogen and oxygen atoms in total. The summed E-state index contributed by atoms with van der Waals surface area (Å²) in [5.41, 5.74) is 0.